The van der Waals surface area contributed by atoms with Gasteiger partial charge in [-0.2, -0.15) is 4.68 Å². The van der Waals surface area contributed by atoms with Crippen LogP contribution in [0, 0.1) is 13.8 Å². The van der Waals surface area contributed by atoms with Crippen molar-refractivity contribution in [2.24, 2.45) is 0 Å². The summed E-state index contributed by atoms with van der Waals surface area (Å²) in [5, 5.41) is 11.8. The number of nitrogens with zero attached hydrogens (tertiary/aromatic N) is 4. The molecule has 146 valence electrons. The standard InChI is InChI=1S/C19H21N5O3S/c1-5-27-18(26)15-11(2)16(20-12(15)3)17(25)13(4)28-19-21-22-23-24(19)14-9-7-6-8-10-14/h6-10,13,20H,5H2,1-4H3/t13-/m0/s1. The molecule has 0 unspecified atom stereocenters. The second kappa shape index (κ2) is 8.39. The highest BCUT2D eigenvalue weighted by Gasteiger charge is 2.27. The third-order valence-electron chi connectivity index (χ3n) is 4.26. The highest BCUT2D eigenvalue weighted by molar-refractivity contribution is 8.00. The van der Waals surface area contributed by atoms with Gasteiger partial charge in [0, 0.05) is 5.69 Å². The van der Waals surface area contributed by atoms with Gasteiger partial charge >= 0.3 is 5.97 Å². The number of thioether (sulfide) groups is 1. The summed E-state index contributed by atoms with van der Waals surface area (Å²) in [6.45, 7) is 7.31. The third kappa shape index (κ3) is 3.84. The minimum atomic E-state index is -0.458. The number of ether oxygens (including phenoxy) is 1. The van der Waals surface area contributed by atoms with Gasteiger partial charge in [-0.25, -0.2) is 4.79 Å². The van der Waals surface area contributed by atoms with Crippen molar-refractivity contribution in [1.82, 2.24) is 25.2 Å². The Labute approximate surface area is 166 Å². The number of esters is 1. The SMILES string of the molecule is CCOC(=O)c1c(C)[nH]c(C(=O)[C@H](C)Sc2nnnn2-c2ccccc2)c1C. The van der Waals surface area contributed by atoms with Crippen LogP contribution in [0.4, 0.5) is 0 Å². The molecule has 0 bridgehead atoms. The van der Waals surface area contributed by atoms with E-state index < -0.39 is 11.2 Å². The van der Waals surface area contributed by atoms with Gasteiger partial charge in [-0.3, -0.25) is 4.79 Å². The fraction of sp³-hybridized carbons (Fsp3) is 0.316. The fourth-order valence-corrected chi connectivity index (χ4v) is 3.77. The quantitative estimate of drug-likeness (QED) is 0.370. The first kappa shape index (κ1) is 19.8. The van der Waals surface area contributed by atoms with E-state index in [0.717, 1.165) is 5.69 Å². The monoisotopic (exact) mass is 399 g/mol. The molecule has 1 N–H and O–H groups in total. The van der Waals surface area contributed by atoms with E-state index in [1.807, 2.05) is 30.3 Å². The highest BCUT2D eigenvalue weighted by Crippen LogP contribution is 2.27. The molecule has 3 aromatic rings. The van der Waals surface area contributed by atoms with E-state index in [1.165, 1.54) is 11.8 Å². The molecule has 0 spiro atoms. The van der Waals surface area contributed by atoms with Crippen molar-refractivity contribution in [2.75, 3.05) is 6.61 Å². The van der Waals surface area contributed by atoms with E-state index in [4.69, 9.17) is 4.74 Å². The van der Waals surface area contributed by atoms with Gasteiger partial charge in [-0.15, -0.1) is 5.10 Å². The van der Waals surface area contributed by atoms with Crippen LogP contribution in [0.25, 0.3) is 5.69 Å². The molecule has 3 rings (SSSR count). The number of para-hydroxylation sites is 1. The van der Waals surface area contributed by atoms with E-state index in [9.17, 15) is 9.59 Å². The van der Waals surface area contributed by atoms with Crippen molar-refractivity contribution in [1.29, 1.82) is 0 Å². The number of hydrogen-bond acceptors (Lipinski definition) is 7. The number of benzene rings is 1. The lowest BCUT2D eigenvalue weighted by molar-refractivity contribution is 0.0525. The maximum absolute atomic E-state index is 13.0. The van der Waals surface area contributed by atoms with E-state index in [1.54, 1.807) is 32.4 Å². The van der Waals surface area contributed by atoms with Gasteiger partial charge in [0.2, 0.25) is 5.16 Å². The smallest absolute Gasteiger partial charge is 0.340 e. The average Bonchev–Trinajstić information content (AvgIpc) is 3.26. The van der Waals surface area contributed by atoms with Crippen molar-refractivity contribution in [2.45, 2.75) is 38.1 Å². The molecule has 1 aromatic carbocycles. The molecule has 8 nitrogen and oxygen atoms in total. The number of carbonyl (C=O) groups excluding carboxylic acids is 2. The molecule has 2 heterocycles. The number of Topliss-reactive ketones (excluding diaryl/α,β-unsaturated/α-hetero) is 1. The predicted octanol–water partition coefficient (Wildman–Crippen LogP) is 3.15. The molecular formula is C19H21N5O3S. The number of H-pyrrole nitrogens is 1. The molecule has 9 heteroatoms. The molecule has 0 saturated heterocycles. The first-order valence-corrected chi connectivity index (χ1v) is 9.73. The number of carbonyl (C=O) groups is 2. The predicted molar refractivity (Wildman–Crippen MR) is 105 cm³/mol. The molecule has 2 aromatic heterocycles. The average molecular weight is 399 g/mol. The molecule has 0 radical (unpaired) electrons. The number of rotatable bonds is 7. The highest BCUT2D eigenvalue weighted by atomic mass is 32.2. The molecule has 0 aliphatic heterocycles. The normalized spacial score (nSPS) is 12.0. The van der Waals surface area contributed by atoms with Crippen LogP contribution >= 0.6 is 11.8 Å². The van der Waals surface area contributed by atoms with Crippen LogP contribution in [-0.4, -0.2) is 48.8 Å². The van der Waals surface area contributed by atoms with Crippen LogP contribution in [0.2, 0.25) is 0 Å². The van der Waals surface area contributed by atoms with Crippen molar-refractivity contribution in [3.05, 3.63) is 52.8 Å². The number of ketones is 1. The molecular weight excluding hydrogens is 378 g/mol. The van der Waals surface area contributed by atoms with E-state index in [0.29, 0.717) is 27.7 Å². The van der Waals surface area contributed by atoms with Crippen LogP contribution in [0.1, 0.15) is 46.0 Å². The third-order valence-corrected chi connectivity index (χ3v) is 5.29. The van der Waals surface area contributed by atoms with Gasteiger partial charge in [0.1, 0.15) is 0 Å². The molecule has 0 amide bonds. The van der Waals surface area contributed by atoms with Crippen molar-refractivity contribution < 1.29 is 14.3 Å². The molecule has 1 atom stereocenters. The maximum Gasteiger partial charge on any atom is 0.340 e. The summed E-state index contributed by atoms with van der Waals surface area (Å²) in [6.07, 6.45) is 0. The van der Waals surface area contributed by atoms with Crippen LogP contribution < -0.4 is 0 Å². The van der Waals surface area contributed by atoms with E-state index >= 15 is 0 Å². The van der Waals surface area contributed by atoms with Crippen LogP contribution in [0.5, 0.6) is 0 Å². The number of aromatic nitrogens is 5. The van der Waals surface area contributed by atoms with E-state index in [-0.39, 0.29) is 12.4 Å². The Balaban J connectivity index is 1.83. The number of hydrogen-bond donors (Lipinski definition) is 1. The topological polar surface area (TPSA) is 103 Å². The van der Waals surface area contributed by atoms with Gasteiger partial charge in [0.05, 0.1) is 28.8 Å². The lowest BCUT2D eigenvalue weighted by Crippen LogP contribution is -2.16. The number of aryl methyl sites for hydroxylation is 1. The van der Waals surface area contributed by atoms with Crippen molar-refractivity contribution >= 4 is 23.5 Å². The Morgan fingerprint density at radius 2 is 1.96 bits per heavy atom. The van der Waals surface area contributed by atoms with Crippen LogP contribution in [-0.2, 0) is 4.74 Å². The Kier molecular flexibility index (Phi) is 5.93. The number of aromatic amines is 1. The molecule has 0 aliphatic carbocycles. The van der Waals surface area contributed by atoms with Crippen molar-refractivity contribution in [3.63, 3.8) is 0 Å². The molecule has 0 saturated carbocycles. The van der Waals surface area contributed by atoms with Crippen LogP contribution in [0.3, 0.4) is 0 Å². The number of tetrazole rings is 1. The van der Waals surface area contributed by atoms with Gasteiger partial charge in [-0.1, -0.05) is 30.0 Å². The summed E-state index contributed by atoms with van der Waals surface area (Å²) in [4.78, 5) is 28.2. The summed E-state index contributed by atoms with van der Waals surface area (Å²) in [5.41, 5.74) is 2.84. The van der Waals surface area contributed by atoms with E-state index in [2.05, 4.69) is 20.5 Å². The number of nitrogens with one attached hydrogen (secondary N) is 1. The lowest BCUT2D eigenvalue weighted by Gasteiger charge is -2.10. The molecule has 0 aliphatic rings. The summed E-state index contributed by atoms with van der Waals surface area (Å²) in [6, 6.07) is 9.46. The van der Waals surface area contributed by atoms with Gasteiger partial charge < -0.3 is 9.72 Å². The summed E-state index contributed by atoms with van der Waals surface area (Å²) in [5.74, 6) is -0.565. The van der Waals surface area contributed by atoms with Gasteiger partial charge in [0.15, 0.2) is 5.78 Å². The first-order chi connectivity index (χ1) is 13.4. The Morgan fingerprint density at radius 3 is 2.64 bits per heavy atom. The Morgan fingerprint density at radius 1 is 1.25 bits per heavy atom. The second-order valence-electron chi connectivity index (χ2n) is 6.18. The maximum atomic E-state index is 13.0. The minimum Gasteiger partial charge on any atom is -0.462 e. The molecule has 28 heavy (non-hydrogen) atoms. The zero-order chi connectivity index (χ0) is 20.3. The largest absolute Gasteiger partial charge is 0.462 e. The molecule has 0 fully saturated rings. The summed E-state index contributed by atoms with van der Waals surface area (Å²) < 4.78 is 6.68. The van der Waals surface area contributed by atoms with Gasteiger partial charge in [0.25, 0.3) is 0 Å². The Bertz CT molecular complexity index is 996. The van der Waals surface area contributed by atoms with Crippen LogP contribution in [0.15, 0.2) is 35.5 Å². The zero-order valence-electron chi connectivity index (χ0n) is 16.1. The lowest BCUT2D eigenvalue weighted by atomic mass is 10.1. The van der Waals surface area contributed by atoms with Crippen molar-refractivity contribution in [3.8, 4) is 5.69 Å². The summed E-state index contributed by atoms with van der Waals surface area (Å²) in [7, 11) is 0. The fourth-order valence-electron chi connectivity index (χ4n) is 2.90. The summed E-state index contributed by atoms with van der Waals surface area (Å²) >= 11 is 1.26. The minimum absolute atomic E-state index is 0.135. The van der Waals surface area contributed by atoms with Gasteiger partial charge in [-0.05, 0) is 55.8 Å². The zero-order valence-corrected chi connectivity index (χ0v) is 16.9. The Hall–Kier alpha value is -2.94. The second-order valence-corrected chi connectivity index (χ2v) is 7.49. The first-order valence-electron chi connectivity index (χ1n) is 8.85.